The average Bonchev–Trinajstić information content (AvgIpc) is 2.87. The van der Waals surface area contributed by atoms with Crippen molar-refractivity contribution in [3.05, 3.63) is 0 Å². The molecule has 220 valence electrons. The number of aliphatic hydroxyl groups is 1. The Kier molecular flexibility index (Phi) is 24.7. The summed E-state index contributed by atoms with van der Waals surface area (Å²) < 4.78 is 27.5. The van der Waals surface area contributed by atoms with Crippen LogP contribution in [0.2, 0.25) is 0 Å². The molecular formula is C29H57O6PS. The Morgan fingerprint density at radius 1 is 0.811 bits per heavy atom. The van der Waals surface area contributed by atoms with Crippen LogP contribution in [0.15, 0.2) is 0 Å². The molecule has 0 radical (unpaired) electrons. The predicted octanol–water partition coefficient (Wildman–Crippen LogP) is 8.68. The summed E-state index contributed by atoms with van der Waals surface area (Å²) in [5, 5.41) is 10.6. The highest BCUT2D eigenvalue weighted by molar-refractivity contribution is 7.99. The molecule has 6 nitrogen and oxygen atoms in total. The van der Waals surface area contributed by atoms with Crippen molar-refractivity contribution in [3.8, 4) is 0 Å². The third-order valence-corrected chi connectivity index (χ3v) is 8.53. The van der Waals surface area contributed by atoms with Crippen LogP contribution >= 0.6 is 20.2 Å². The van der Waals surface area contributed by atoms with Crippen molar-refractivity contribution in [1.29, 1.82) is 0 Å². The summed E-state index contributed by atoms with van der Waals surface area (Å²) >= 11 is 2.05. The zero-order valence-electron chi connectivity index (χ0n) is 24.5. The van der Waals surface area contributed by atoms with E-state index in [9.17, 15) is 14.5 Å². The van der Waals surface area contributed by atoms with Gasteiger partial charge in [-0.05, 0) is 45.8 Å². The number of hydrogen-bond donors (Lipinski definition) is 1. The highest BCUT2D eigenvalue weighted by atomic mass is 32.2. The second kappa shape index (κ2) is 24.8. The van der Waals surface area contributed by atoms with E-state index in [0.717, 1.165) is 0 Å². The molecule has 37 heavy (non-hydrogen) atoms. The van der Waals surface area contributed by atoms with E-state index in [4.69, 9.17) is 14.2 Å². The Bertz CT molecular complexity index is 550. The fourth-order valence-electron chi connectivity index (χ4n) is 4.11. The smallest absolute Gasteiger partial charge is 0.380 e. The number of ether oxygens (including phenoxy) is 3. The minimum absolute atomic E-state index is 0.0545. The van der Waals surface area contributed by atoms with Crippen molar-refractivity contribution in [3.63, 3.8) is 0 Å². The quantitative estimate of drug-likeness (QED) is 0.0462. The zero-order chi connectivity index (χ0) is 27.8. The molecule has 0 aromatic rings. The molecule has 0 rings (SSSR count). The number of esters is 1. The number of rotatable bonds is 27. The Balaban J connectivity index is 4.34. The molecule has 0 saturated carbocycles. The molecule has 0 aromatic heterocycles. The third kappa shape index (κ3) is 20.4. The molecule has 0 aliphatic carbocycles. The maximum atomic E-state index is 11.9. The van der Waals surface area contributed by atoms with Gasteiger partial charge in [0.25, 0.3) is 0 Å². The summed E-state index contributed by atoms with van der Waals surface area (Å²) in [6, 6.07) is 0. The lowest BCUT2D eigenvalue weighted by Gasteiger charge is -2.25. The normalized spacial score (nSPS) is 15.1. The minimum Gasteiger partial charge on any atom is -0.458 e. The van der Waals surface area contributed by atoms with Gasteiger partial charge < -0.3 is 19.3 Å². The number of carbonyl (C=O) groups excluding carboxylic acids is 1. The van der Waals surface area contributed by atoms with Crippen molar-refractivity contribution in [2.24, 2.45) is 0 Å². The van der Waals surface area contributed by atoms with Crippen molar-refractivity contribution >= 4 is 26.2 Å². The lowest BCUT2D eigenvalue weighted by molar-refractivity contribution is -0.199. The highest BCUT2D eigenvalue weighted by Crippen LogP contribution is 2.26. The standard InChI is InChI=1S/C29H57O6PS/c1-6-8-10-12-13-14-15-17-19-24-37-27(21-18-16-11-9-7-2)26(5)33-22-20-23-34-29(31,36-32)28(30)35-25(3)4/h25-27,31H,6-24H2,1-5H3. The maximum Gasteiger partial charge on any atom is 0.380 e. The summed E-state index contributed by atoms with van der Waals surface area (Å²) in [5.74, 6) is 0.143. The lowest BCUT2D eigenvalue weighted by atomic mass is 10.1. The Morgan fingerprint density at radius 2 is 1.35 bits per heavy atom. The van der Waals surface area contributed by atoms with E-state index < -0.39 is 26.1 Å². The van der Waals surface area contributed by atoms with Gasteiger partial charge in [0, 0.05) is 11.9 Å². The largest absolute Gasteiger partial charge is 0.458 e. The molecule has 0 aliphatic rings. The van der Waals surface area contributed by atoms with Crippen molar-refractivity contribution in [2.45, 2.75) is 160 Å². The molecule has 0 aliphatic heterocycles. The first-order valence-corrected chi connectivity index (χ1v) is 16.8. The van der Waals surface area contributed by atoms with E-state index in [-0.39, 0.29) is 12.7 Å². The summed E-state index contributed by atoms with van der Waals surface area (Å²) in [7, 11) is -0.831. The molecule has 3 unspecified atom stereocenters. The first-order valence-electron chi connectivity index (χ1n) is 15.0. The van der Waals surface area contributed by atoms with Gasteiger partial charge in [0.05, 0.1) is 18.8 Å². The molecule has 0 fully saturated rings. The van der Waals surface area contributed by atoms with Crippen LogP contribution in [0.3, 0.4) is 0 Å². The second-order valence-corrected chi connectivity index (χ2v) is 12.5. The van der Waals surface area contributed by atoms with Crippen LogP contribution in [0.5, 0.6) is 0 Å². The Morgan fingerprint density at radius 3 is 1.89 bits per heavy atom. The first kappa shape index (κ1) is 36.8. The SMILES string of the molecule is CCCCCCCCCCCSC(CCCCCCC)C(C)OCCCOC(O)(P=O)C(=O)OC(C)C. The number of carbonyl (C=O) groups is 1. The van der Waals surface area contributed by atoms with E-state index in [2.05, 4.69) is 20.8 Å². The number of unbranched alkanes of at least 4 members (excludes halogenated alkanes) is 12. The van der Waals surface area contributed by atoms with Gasteiger partial charge in [-0.2, -0.15) is 11.8 Å². The highest BCUT2D eigenvalue weighted by Gasteiger charge is 2.41. The number of thioether (sulfide) groups is 1. The number of hydrogen-bond acceptors (Lipinski definition) is 7. The summed E-state index contributed by atoms with van der Waals surface area (Å²) in [4.78, 5) is 11.9. The molecule has 3 atom stereocenters. The van der Waals surface area contributed by atoms with E-state index in [1.165, 1.54) is 102 Å². The molecule has 0 saturated heterocycles. The van der Waals surface area contributed by atoms with Crippen LogP contribution in [0.4, 0.5) is 0 Å². The van der Waals surface area contributed by atoms with E-state index in [1.54, 1.807) is 13.8 Å². The van der Waals surface area contributed by atoms with Crippen molar-refractivity contribution in [2.75, 3.05) is 19.0 Å². The molecular weight excluding hydrogens is 507 g/mol. The monoisotopic (exact) mass is 564 g/mol. The molecule has 1 N–H and O–H groups in total. The van der Waals surface area contributed by atoms with Gasteiger partial charge in [0.2, 0.25) is 8.46 Å². The minimum atomic E-state index is -2.46. The molecule has 0 heterocycles. The summed E-state index contributed by atoms with van der Waals surface area (Å²) in [6.45, 7) is 10.5. The van der Waals surface area contributed by atoms with Crippen molar-refractivity contribution in [1.82, 2.24) is 0 Å². The van der Waals surface area contributed by atoms with Gasteiger partial charge in [-0.25, -0.2) is 4.79 Å². The van der Waals surface area contributed by atoms with Gasteiger partial charge >= 0.3 is 11.5 Å². The molecule has 0 bridgehead atoms. The summed E-state index contributed by atoms with van der Waals surface area (Å²) in [5.41, 5.74) is -2.46. The van der Waals surface area contributed by atoms with E-state index in [0.29, 0.717) is 18.3 Å². The van der Waals surface area contributed by atoms with Crippen molar-refractivity contribution < 1.29 is 28.7 Å². The van der Waals surface area contributed by atoms with Crippen LogP contribution in [0.1, 0.15) is 137 Å². The third-order valence-electron chi connectivity index (χ3n) is 6.40. The Hall–Kier alpha value is -0.200. The Labute approximate surface area is 233 Å². The van der Waals surface area contributed by atoms with Gasteiger partial charge in [-0.1, -0.05) is 97.3 Å². The van der Waals surface area contributed by atoms with Crippen LogP contribution in [0, 0.1) is 0 Å². The molecule has 8 heteroatoms. The van der Waals surface area contributed by atoms with Gasteiger partial charge in [0.15, 0.2) is 0 Å². The topological polar surface area (TPSA) is 82.1 Å². The van der Waals surface area contributed by atoms with Gasteiger partial charge in [-0.3, -0.25) is 4.57 Å². The van der Waals surface area contributed by atoms with E-state index >= 15 is 0 Å². The maximum absolute atomic E-state index is 11.9. The molecule has 0 aromatic carbocycles. The lowest BCUT2D eigenvalue weighted by Crippen LogP contribution is -2.39. The fourth-order valence-corrected chi connectivity index (χ4v) is 5.74. The zero-order valence-corrected chi connectivity index (χ0v) is 26.2. The van der Waals surface area contributed by atoms with Gasteiger partial charge in [-0.15, -0.1) is 0 Å². The van der Waals surface area contributed by atoms with Crippen LogP contribution < -0.4 is 0 Å². The van der Waals surface area contributed by atoms with Crippen LogP contribution in [-0.4, -0.2) is 53.0 Å². The van der Waals surface area contributed by atoms with Gasteiger partial charge in [0.1, 0.15) is 0 Å². The van der Waals surface area contributed by atoms with E-state index in [1.807, 2.05) is 11.8 Å². The molecule has 0 spiro atoms. The summed E-state index contributed by atoms with van der Waals surface area (Å²) in [6.07, 6.45) is 19.9. The second-order valence-electron chi connectivity index (χ2n) is 10.4. The fraction of sp³-hybridized carbons (Fsp3) is 0.966. The van der Waals surface area contributed by atoms with Crippen LogP contribution in [0.25, 0.3) is 0 Å². The first-order chi connectivity index (χ1) is 17.8. The predicted molar refractivity (Wildman–Crippen MR) is 157 cm³/mol. The molecule has 0 amide bonds. The average molecular weight is 565 g/mol. The van der Waals surface area contributed by atoms with Crippen LogP contribution in [-0.2, 0) is 23.6 Å².